The van der Waals surface area contributed by atoms with Crippen LogP contribution in [0.2, 0.25) is 0 Å². The Labute approximate surface area is 212 Å². The highest BCUT2D eigenvalue weighted by Crippen LogP contribution is 2.34. The normalized spacial score (nSPS) is 15.4. The van der Waals surface area contributed by atoms with Crippen molar-refractivity contribution in [1.82, 2.24) is 25.0 Å². The Hall–Kier alpha value is -3.49. The minimum atomic E-state index is -0.586. The number of amides is 2. The van der Waals surface area contributed by atoms with Gasteiger partial charge < -0.3 is 19.7 Å². The number of hydrogen-bond donors (Lipinski definition) is 2. The number of aryl methyl sites for hydroxylation is 1. The van der Waals surface area contributed by atoms with Crippen LogP contribution in [0.25, 0.3) is 0 Å². The first-order chi connectivity index (χ1) is 17.3. The lowest BCUT2D eigenvalue weighted by Crippen LogP contribution is -2.45. The van der Waals surface area contributed by atoms with E-state index in [0.717, 1.165) is 55.6 Å². The van der Waals surface area contributed by atoms with Crippen molar-refractivity contribution in [2.45, 2.75) is 90.1 Å². The number of anilines is 1. The third kappa shape index (κ3) is 6.38. The SMILES string of the molecule is CC(=O)NC1(c2noc(CCC(=O)Nc3cccc(Cn4ccnc4C(C)C)c3)n2)CCCCCC1. The average molecular weight is 493 g/mol. The predicted octanol–water partition coefficient (Wildman–Crippen LogP) is 4.69. The molecule has 0 unspecified atom stereocenters. The second-order valence-corrected chi connectivity index (χ2v) is 10.0. The zero-order valence-electron chi connectivity index (χ0n) is 21.4. The number of nitrogens with one attached hydrogen (secondary N) is 2. The Morgan fingerprint density at radius 2 is 1.94 bits per heavy atom. The molecular weight excluding hydrogens is 456 g/mol. The zero-order valence-corrected chi connectivity index (χ0v) is 21.4. The maximum atomic E-state index is 12.6. The largest absolute Gasteiger partial charge is 0.343 e. The van der Waals surface area contributed by atoms with Crippen molar-refractivity contribution >= 4 is 17.5 Å². The van der Waals surface area contributed by atoms with Gasteiger partial charge in [0.25, 0.3) is 0 Å². The molecule has 2 amide bonds. The third-order valence-corrected chi connectivity index (χ3v) is 6.66. The molecule has 2 heterocycles. The Morgan fingerprint density at radius 3 is 2.67 bits per heavy atom. The maximum absolute atomic E-state index is 12.6. The highest BCUT2D eigenvalue weighted by molar-refractivity contribution is 5.90. The Kier molecular flexibility index (Phi) is 8.18. The predicted molar refractivity (Wildman–Crippen MR) is 136 cm³/mol. The molecule has 9 heteroatoms. The molecule has 2 N–H and O–H groups in total. The summed E-state index contributed by atoms with van der Waals surface area (Å²) in [6.07, 6.45) is 10.2. The number of benzene rings is 1. The molecule has 0 spiro atoms. The summed E-state index contributed by atoms with van der Waals surface area (Å²) in [6, 6.07) is 7.84. The van der Waals surface area contributed by atoms with Crippen LogP contribution in [0.5, 0.6) is 0 Å². The molecule has 1 aliphatic rings. The number of imidazole rings is 1. The molecule has 0 bridgehead atoms. The van der Waals surface area contributed by atoms with Gasteiger partial charge in [-0.15, -0.1) is 0 Å². The van der Waals surface area contributed by atoms with Crippen molar-refractivity contribution in [3.8, 4) is 0 Å². The van der Waals surface area contributed by atoms with Crippen molar-refractivity contribution in [3.63, 3.8) is 0 Å². The van der Waals surface area contributed by atoms with E-state index in [1.807, 2.05) is 36.7 Å². The molecule has 0 aliphatic heterocycles. The van der Waals surface area contributed by atoms with Crippen LogP contribution in [0.15, 0.2) is 41.2 Å². The molecule has 0 atom stereocenters. The summed E-state index contributed by atoms with van der Waals surface area (Å²) >= 11 is 0. The minimum Gasteiger partial charge on any atom is -0.343 e. The molecule has 9 nitrogen and oxygen atoms in total. The summed E-state index contributed by atoms with van der Waals surface area (Å²) in [6.45, 7) is 6.46. The first kappa shape index (κ1) is 25.6. The fourth-order valence-corrected chi connectivity index (χ4v) is 4.97. The van der Waals surface area contributed by atoms with Gasteiger partial charge in [0.15, 0.2) is 5.82 Å². The van der Waals surface area contributed by atoms with Gasteiger partial charge in [0.1, 0.15) is 11.4 Å². The molecule has 36 heavy (non-hydrogen) atoms. The lowest BCUT2D eigenvalue weighted by molar-refractivity contribution is -0.121. The second-order valence-electron chi connectivity index (χ2n) is 10.0. The molecule has 0 saturated heterocycles. The standard InChI is InChI=1S/C27H36N6O3/c1-19(2)25-28-15-16-33(25)18-21-9-8-10-22(17-21)29-23(35)11-12-24-30-26(32-36-24)27(31-20(3)34)13-6-4-5-7-14-27/h8-10,15-17,19H,4-7,11-14,18H2,1-3H3,(H,29,35)(H,31,34). The van der Waals surface area contributed by atoms with E-state index in [2.05, 4.69) is 44.2 Å². The Morgan fingerprint density at radius 1 is 1.17 bits per heavy atom. The maximum Gasteiger partial charge on any atom is 0.227 e. The van der Waals surface area contributed by atoms with Crippen LogP contribution in [-0.4, -0.2) is 31.5 Å². The smallest absolute Gasteiger partial charge is 0.227 e. The zero-order chi connectivity index (χ0) is 25.5. The van der Waals surface area contributed by atoms with Gasteiger partial charge in [-0.25, -0.2) is 4.98 Å². The monoisotopic (exact) mass is 492 g/mol. The highest BCUT2D eigenvalue weighted by Gasteiger charge is 2.38. The molecule has 4 rings (SSSR count). The minimum absolute atomic E-state index is 0.0988. The van der Waals surface area contributed by atoms with Crippen LogP contribution in [0.4, 0.5) is 5.69 Å². The van der Waals surface area contributed by atoms with Gasteiger partial charge in [-0.1, -0.05) is 56.8 Å². The van der Waals surface area contributed by atoms with Crippen molar-refractivity contribution < 1.29 is 14.1 Å². The molecular formula is C27H36N6O3. The van der Waals surface area contributed by atoms with Gasteiger partial charge in [-0.3, -0.25) is 9.59 Å². The fraction of sp³-hybridized carbons (Fsp3) is 0.519. The highest BCUT2D eigenvalue weighted by atomic mass is 16.5. The molecule has 3 aromatic rings. The van der Waals surface area contributed by atoms with E-state index >= 15 is 0 Å². The van der Waals surface area contributed by atoms with Crippen LogP contribution in [0.3, 0.4) is 0 Å². The summed E-state index contributed by atoms with van der Waals surface area (Å²) in [5, 5.41) is 10.2. The summed E-state index contributed by atoms with van der Waals surface area (Å²) in [5.74, 6) is 2.07. The van der Waals surface area contributed by atoms with Crippen LogP contribution in [-0.2, 0) is 28.1 Å². The van der Waals surface area contributed by atoms with Crippen molar-refractivity contribution in [1.29, 1.82) is 0 Å². The number of carbonyl (C=O) groups is 2. The van der Waals surface area contributed by atoms with Crippen LogP contribution >= 0.6 is 0 Å². The van der Waals surface area contributed by atoms with Gasteiger partial charge in [0.05, 0.1) is 0 Å². The lowest BCUT2D eigenvalue weighted by Gasteiger charge is -2.30. The van der Waals surface area contributed by atoms with Crippen molar-refractivity contribution in [2.75, 3.05) is 5.32 Å². The van der Waals surface area contributed by atoms with Crippen LogP contribution in [0.1, 0.15) is 94.7 Å². The summed E-state index contributed by atoms with van der Waals surface area (Å²) in [7, 11) is 0. The molecule has 192 valence electrons. The summed E-state index contributed by atoms with van der Waals surface area (Å²) in [5.41, 5.74) is 1.25. The number of rotatable bonds is 9. The van der Waals surface area contributed by atoms with Crippen molar-refractivity contribution in [2.24, 2.45) is 0 Å². The number of aromatic nitrogens is 4. The van der Waals surface area contributed by atoms with E-state index in [9.17, 15) is 9.59 Å². The van der Waals surface area contributed by atoms with Gasteiger partial charge in [0.2, 0.25) is 17.7 Å². The van der Waals surface area contributed by atoms with E-state index in [-0.39, 0.29) is 18.2 Å². The van der Waals surface area contributed by atoms with E-state index < -0.39 is 5.54 Å². The Balaban J connectivity index is 1.35. The number of carbonyl (C=O) groups excluding carboxylic acids is 2. The molecule has 2 aromatic heterocycles. The first-order valence-corrected chi connectivity index (χ1v) is 12.9. The lowest BCUT2D eigenvalue weighted by atomic mass is 9.89. The van der Waals surface area contributed by atoms with E-state index in [1.54, 1.807) is 0 Å². The first-order valence-electron chi connectivity index (χ1n) is 12.9. The van der Waals surface area contributed by atoms with Gasteiger partial charge >= 0.3 is 0 Å². The number of hydrogen-bond acceptors (Lipinski definition) is 6. The van der Waals surface area contributed by atoms with Gasteiger partial charge in [-0.2, -0.15) is 4.98 Å². The molecule has 1 saturated carbocycles. The molecule has 1 fully saturated rings. The van der Waals surface area contributed by atoms with Crippen LogP contribution in [0, 0.1) is 0 Å². The van der Waals surface area contributed by atoms with E-state index in [4.69, 9.17) is 4.52 Å². The van der Waals surface area contributed by atoms with E-state index in [0.29, 0.717) is 30.6 Å². The van der Waals surface area contributed by atoms with Crippen molar-refractivity contribution in [3.05, 3.63) is 59.8 Å². The fourth-order valence-electron chi connectivity index (χ4n) is 4.97. The summed E-state index contributed by atoms with van der Waals surface area (Å²) < 4.78 is 7.60. The van der Waals surface area contributed by atoms with Crippen LogP contribution < -0.4 is 10.6 Å². The topological polar surface area (TPSA) is 115 Å². The average Bonchev–Trinajstić information content (AvgIpc) is 3.44. The summed E-state index contributed by atoms with van der Waals surface area (Å²) in [4.78, 5) is 33.6. The molecule has 0 radical (unpaired) electrons. The molecule has 1 aromatic carbocycles. The Bertz CT molecular complexity index is 1170. The quantitative estimate of drug-likeness (QED) is 0.419. The second kappa shape index (κ2) is 11.5. The van der Waals surface area contributed by atoms with E-state index in [1.165, 1.54) is 6.92 Å². The third-order valence-electron chi connectivity index (χ3n) is 6.66. The number of nitrogens with zero attached hydrogens (tertiary/aromatic N) is 4. The van der Waals surface area contributed by atoms with Gasteiger partial charge in [-0.05, 0) is 30.5 Å². The van der Waals surface area contributed by atoms with Gasteiger partial charge in [0, 0.05) is 50.3 Å². The molecule has 1 aliphatic carbocycles.